The Labute approximate surface area is 124 Å². The van der Waals surface area contributed by atoms with Crippen molar-refractivity contribution >= 4 is 16.7 Å². The first-order valence-electron chi connectivity index (χ1n) is 7.09. The molecular weight excluding hydrogens is 262 g/mol. The van der Waals surface area contributed by atoms with Crippen molar-refractivity contribution < 1.29 is 4.74 Å². The molecule has 0 aliphatic rings. The third-order valence-electron chi connectivity index (χ3n) is 3.68. The lowest BCUT2D eigenvalue weighted by Crippen LogP contribution is -2.06. The van der Waals surface area contributed by atoms with Gasteiger partial charge in [-0.15, -0.1) is 0 Å². The second-order valence-electron chi connectivity index (χ2n) is 5.03. The Morgan fingerprint density at radius 2 is 2.00 bits per heavy atom. The van der Waals surface area contributed by atoms with Crippen molar-refractivity contribution in [1.29, 1.82) is 0 Å². The Morgan fingerprint density at radius 3 is 2.76 bits per heavy atom. The van der Waals surface area contributed by atoms with Crippen molar-refractivity contribution in [1.82, 2.24) is 9.55 Å². The molecule has 0 spiro atoms. The van der Waals surface area contributed by atoms with E-state index in [0.29, 0.717) is 6.54 Å². The molecule has 0 bridgehead atoms. The summed E-state index contributed by atoms with van der Waals surface area (Å²) in [5.74, 6) is 1.92. The van der Waals surface area contributed by atoms with Crippen LogP contribution in [-0.2, 0) is 13.0 Å². The molecule has 2 aromatic carbocycles. The number of methoxy groups -OCH3 is 1. The van der Waals surface area contributed by atoms with E-state index in [1.165, 1.54) is 0 Å². The molecule has 0 fully saturated rings. The number of para-hydroxylation sites is 2. The number of aromatic nitrogens is 2. The van der Waals surface area contributed by atoms with E-state index in [1.54, 1.807) is 7.11 Å². The van der Waals surface area contributed by atoms with Gasteiger partial charge in [0.05, 0.1) is 24.7 Å². The number of hydrogen-bond acceptors (Lipinski definition) is 3. The molecule has 2 N–H and O–H groups in total. The van der Waals surface area contributed by atoms with Crippen LogP contribution in [0, 0.1) is 0 Å². The highest BCUT2D eigenvalue weighted by atomic mass is 16.5. The molecule has 0 atom stereocenters. The maximum Gasteiger partial charge on any atom is 0.124 e. The zero-order valence-electron chi connectivity index (χ0n) is 12.3. The Kier molecular flexibility index (Phi) is 3.52. The van der Waals surface area contributed by atoms with Crippen LogP contribution in [-0.4, -0.2) is 16.7 Å². The van der Waals surface area contributed by atoms with Crippen molar-refractivity contribution in [2.45, 2.75) is 19.9 Å². The molecule has 0 saturated carbocycles. The minimum absolute atomic E-state index is 0.706. The summed E-state index contributed by atoms with van der Waals surface area (Å²) in [6.45, 7) is 2.83. The Hall–Kier alpha value is -2.49. The van der Waals surface area contributed by atoms with Gasteiger partial charge in [-0.05, 0) is 30.3 Å². The predicted octanol–water partition coefficient (Wildman–Crippen LogP) is 3.24. The van der Waals surface area contributed by atoms with Gasteiger partial charge in [0.15, 0.2) is 0 Å². The third-order valence-corrected chi connectivity index (χ3v) is 3.68. The summed E-state index contributed by atoms with van der Waals surface area (Å²) < 4.78 is 7.67. The minimum atomic E-state index is 0.706. The highest BCUT2D eigenvalue weighted by Gasteiger charge is 2.12. The molecule has 0 aliphatic carbocycles. The van der Waals surface area contributed by atoms with E-state index in [2.05, 4.69) is 17.6 Å². The van der Waals surface area contributed by atoms with Crippen molar-refractivity contribution in [3.05, 3.63) is 53.9 Å². The zero-order valence-corrected chi connectivity index (χ0v) is 12.3. The van der Waals surface area contributed by atoms with Crippen molar-refractivity contribution in [2.24, 2.45) is 0 Å². The van der Waals surface area contributed by atoms with Gasteiger partial charge in [-0.1, -0.05) is 19.1 Å². The largest absolute Gasteiger partial charge is 0.496 e. The van der Waals surface area contributed by atoms with Crippen molar-refractivity contribution in [3.63, 3.8) is 0 Å². The molecule has 1 aromatic heterocycles. The van der Waals surface area contributed by atoms with Gasteiger partial charge in [-0.25, -0.2) is 4.98 Å². The standard InChI is InChI=1S/C17H19N3O/c1-3-17-19-14-6-4-5-7-15(14)20(17)11-12-10-13(18)8-9-16(12)21-2/h4-10H,3,11,18H2,1-2H3. The first kappa shape index (κ1) is 13.5. The number of nitrogens with zero attached hydrogens (tertiary/aromatic N) is 2. The molecule has 1 heterocycles. The molecule has 0 saturated heterocycles. The van der Waals surface area contributed by atoms with Crippen LogP contribution in [0.2, 0.25) is 0 Å². The molecule has 21 heavy (non-hydrogen) atoms. The number of hydrogen-bond donors (Lipinski definition) is 1. The van der Waals surface area contributed by atoms with E-state index >= 15 is 0 Å². The van der Waals surface area contributed by atoms with E-state index in [9.17, 15) is 0 Å². The Balaban J connectivity index is 2.11. The number of nitrogen functional groups attached to an aromatic ring is 1. The third kappa shape index (κ3) is 2.44. The summed E-state index contributed by atoms with van der Waals surface area (Å²) in [7, 11) is 1.68. The highest BCUT2D eigenvalue weighted by molar-refractivity contribution is 5.76. The van der Waals surface area contributed by atoms with Gasteiger partial charge in [0.1, 0.15) is 11.6 Å². The zero-order chi connectivity index (χ0) is 14.8. The monoisotopic (exact) mass is 281 g/mol. The van der Waals surface area contributed by atoms with Crippen LogP contribution >= 0.6 is 0 Å². The van der Waals surface area contributed by atoms with Crippen LogP contribution in [0.25, 0.3) is 11.0 Å². The number of aryl methyl sites for hydroxylation is 1. The maximum absolute atomic E-state index is 5.91. The topological polar surface area (TPSA) is 53.1 Å². The van der Waals surface area contributed by atoms with Gasteiger partial charge >= 0.3 is 0 Å². The number of rotatable bonds is 4. The fourth-order valence-electron chi connectivity index (χ4n) is 2.66. The van der Waals surface area contributed by atoms with E-state index in [-0.39, 0.29) is 0 Å². The van der Waals surface area contributed by atoms with Gasteiger partial charge in [-0.3, -0.25) is 0 Å². The van der Waals surface area contributed by atoms with E-state index in [4.69, 9.17) is 15.5 Å². The summed E-state index contributed by atoms with van der Waals surface area (Å²) >= 11 is 0. The number of nitrogens with two attached hydrogens (primary N) is 1. The smallest absolute Gasteiger partial charge is 0.124 e. The number of ether oxygens (including phenoxy) is 1. The highest BCUT2D eigenvalue weighted by Crippen LogP contribution is 2.25. The molecule has 4 nitrogen and oxygen atoms in total. The first-order chi connectivity index (χ1) is 10.2. The predicted molar refractivity (Wildman–Crippen MR) is 85.6 cm³/mol. The van der Waals surface area contributed by atoms with E-state index in [0.717, 1.165) is 40.3 Å². The molecule has 4 heteroatoms. The molecule has 0 unspecified atom stereocenters. The molecule has 0 aliphatic heterocycles. The molecule has 0 amide bonds. The summed E-state index contributed by atoms with van der Waals surface area (Å²) in [6.07, 6.45) is 0.888. The fraction of sp³-hybridized carbons (Fsp3) is 0.235. The van der Waals surface area contributed by atoms with E-state index < -0.39 is 0 Å². The Bertz CT molecular complexity index is 777. The quantitative estimate of drug-likeness (QED) is 0.747. The lowest BCUT2D eigenvalue weighted by Gasteiger charge is -2.12. The van der Waals surface area contributed by atoms with Crippen LogP contribution < -0.4 is 10.5 Å². The number of benzene rings is 2. The molecule has 0 radical (unpaired) electrons. The van der Waals surface area contributed by atoms with Gasteiger partial charge in [-0.2, -0.15) is 0 Å². The summed E-state index contributed by atoms with van der Waals surface area (Å²) in [4.78, 5) is 4.70. The first-order valence-corrected chi connectivity index (χ1v) is 7.09. The van der Waals surface area contributed by atoms with Gasteiger partial charge in [0.2, 0.25) is 0 Å². The minimum Gasteiger partial charge on any atom is -0.496 e. The van der Waals surface area contributed by atoms with Gasteiger partial charge in [0, 0.05) is 17.7 Å². The van der Waals surface area contributed by atoms with Crippen LogP contribution in [0.4, 0.5) is 5.69 Å². The molecule has 108 valence electrons. The average molecular weight is 281 g/mol. The maximum atomic E-state index is 5.91. The number of anilines is 1. The SMILES string of the molecule is CCc1nc2ccccc2n1Cc1cc(N)ccc1OC. The molecular formula is C17H19N3O. The lowest BCUT2D eigenvalue weighted by molar-refractivity contribution is 0.408. The second-order valence-corrected chi connectivity index (χ2v) is 5.03. The van der Waals surface area contributed by atoms with Crippen LogP contribution in [0.15, 0.2) is 42.5 Å². The number of fused-ring (bicyclic) bond motifs is 1. The normalized spacial score (nSPS) is 11.0. The molecule has 3 rings (SSSR count). The van der Waals surface area contributed by atoms with Gasteiger partial charge in [0.25, 0.3) is 0 Å². The van der Waals surface area contributed by atoms with E-state index in [1.807, 2.05) is 36.4 Å². The lowest BCUT2D eigenvalue weighted by atomic mass is 10.1. The molecule has 3 aromatic rings. The summed E-state index contributed by atoms with van der Waals surface area (Å²) in [5, 5.41) is 0. The van der Waals surface area contributed by atoms with Crippen molar-refractivity contribution in [2.75, 3.05) is 12.8 Å². The van der Waals surface area contributed by atoms with Crippen LogP contribution in [0.5, 0.6) is 5.75 Å². The van der Waals surface area contributed by atoms with Crippen molar-refractivity contribution in [3.8, 4) is 5.75 Å². The van der Waals surface area contributed by atoms with Crippen LogP contribution in [0.3, 0.4) is 0 Å². The van der Waals surface area contributed by atoms with Crippen LogP contribution in [0.1, 0.15) is 18.3 Å². The van der Waals surface area contributed by atoms with Gasteiger partial charge < -0.3 is 15.0 Å². The second kappa shape index (κ2) is 5.48. The summed E-state index contributed by atoms with van der Waals surface area (Å²) in [5.41, 5.74) is 9.89. The number of imidazole rings is 1. The Morgan fingerprint density at radius 1 is 1.19 bits per heavy atom. The average Bonchev–Trinajstić information content (AvgIpc) is 2.86. The summed E-state index contributed by atoms with van der Waals surface area (Å²) in [6, 6.07) is 13.9. The fourth-order valence-corrected chi connectivity index (χ4v) is 2.66.